The van der Waals surface area contributed by atoms with Crippen LogP contribution in [0.1, 0.15) is 0 Å². The number of hydrogen-bond donors (Lipinski definition) is 2. The van der Waals surface area contributed by atoms with Crippen molar-refractivity contribution in [3.63, 3.8) is 0 Å². The largest absolute Gasteiger partial charge is 0.495 e. The van der Waals surface area contributed by atoms with Crippen LogP contribution in [0, 0.1) is 0 Å². The Labute approximate surface area is 163 Å². The third kappa shape index (κ3) is 3.75. The molecular formula is C22H22N2O2S. The highest BCUT2D eigenvalue weighted by Gasteiger charge is 2.24. The summed E-state index contributed by atoms with van der Waals surface area (Å²) in [6.07, 6.45) is -0.542. The van der Waals surface area contributed by atoms with Gasteiger partial charge in [0, 0.05) is 16.3 Å². The molecule has 0 bridgehead atoms. The van der Waals surface area contributed by atoms with Crippen molar-refractivity contribution in [1.82, 2.24) is 0 Å². The first-order chi connectivity index (χ1) is 13.3. The Bertz CT molecular complexity index is 886. The second-order valence-electron chi connectivity index (χ2n) is 6.38. The van der Waals surface area contributed by atoms with Crippen molar-refractivity contribution in [3.8, 4) is 5.75 Å². The standard InChI is InChI=1S/C22H22N2O2S/c1-26-20-11-5-2-8-17(20)23-14-16(25)15-24-18-9-3-6-12-21(18)27-22-13-7-4-10-19(22)24/h2-13,16,23,25H,14-15H2,1H3. The van der Waals surface area contributed by atoms with E-state index < -0.39 is 6.10 Å². The highest BCUT2D eigenvalue weighted by Crippen LogP contribution is 2.47. The number of methoxy groups -OCH3 is 1. The lowest BCUT2D eigenvalue weighted by Crippen LogP contribution is -2.34. The molecule has 138 valence electrons. The summed E-state index contributed by atoms with van der Waals surface area (Å²) in [7, 11) is 1.65. The average Bonchev–Trinajstić information content (AvgIpc) is 2.72. The van der Waals surface area contributed by atoms with E-state index in [1.807, 2.05) is 36.4 Å². The van der Waals surface area contributed by atoms with Crippen molar-refractivity contribution in [1.29, 1.82) is 0 Å². The molecular weight excluding hydrogens is 356 g/mol. The first-order valence-electron chi connectivity index (χ1n) is 8.94. The van der Waals surface area contributed by atoms with Crippen LogP contribution >= 0.6 is 11.8 Å². The zero-order valence-electron chi connectivity index (χ0n) is 15.1. The van der Waals surface area contributed by atoms with Crippen LogP contribution in [0.25, 0.3) is 0 Å². The van der Waals surface area contributed by atoms with Gasteiger partial charge in [-0.1, -0.05) is 48.2 Å². The third-order valence-electron chi connectivity index (χ3n) is 4.56. The molecule has 1 atom stereocenters. The average molecular weight is 378 g/mol. The summed E-state index contributed by atoms with van der Waals surface area (Å²) in [5, 5.41) is 14.0. The molecule has 3 aromatic rings. The van der Waals surface area contributed by atoms with E-state index in [2.05, 4.69) is 46.6 Å². The molecule has 0 aromatic heterocycles. The molecule has 0 saturated heterocycles. The van der Waals surface area contributed by atoms with E-state index in [-0.39, 0.29) is 0 Å². The quantitative estimate of drug-likeness (QED) is 0.647. The molecule has 1 aliphatic rings. The molecule has 0 radical (unpaired) electrons. The molecule has 27 heavy (non-hydrogen) atoms. The summed E-state index contributed by atoms with van der Waals surface area (Å²) in [6, 6.07) is 24.4. The van der Waals surface area contributed by atoms with Gasteiger partial charge in [-0.25, -0.2) is 0 Å². The summed E-state index contributed by atoms with van der Waals surface area (Å²) in [4.78, 5) is 4.62. The minimum Gasteiger partial charge on any atom is -0.495 e. The van der Waals surface area contributed by atoms with Gasteiger partial charge >= 0.3 is 0 Å². The minimum absolute atomic E-state index is 0.439. The monoisotopic (exact) mass is 378 g/mol. The van der Waals surface area contributed by atoms with E-state index in [0.717, 1.165) is 22.8 Å². The number of anilines is 3. The third-order valence-corrected chi connectivity index (χ3v) is 5.69. The smallest absolute Gasteiger partial charge is 0.141 e. The maximum atomic E-state index is 10.7. The van der Waals surface area contributed by atoms with Gasteiger partial charge in [-0.3, -0.25) is 0 Å². The lowest BCUT2D eigenvalue weighted by Gasteiger charge is -2.34. The summed E-state index contributed by atoms with van der Waals surface area (Å²) in [6.45, 7) is 0.949. The van der Waals surface area contributed by atoms with Crippen LogP contribution in [0.2, 0.25) is 0 Å². The van der Waals surface area contributed by atoms with Gasteiger partial charge in [0.25, 0.3) is 0 Å². The predicted molar refractivity (Wildman–Crippen MR) is 112 cm³/mol. The Balaban J connectivity index is 1.52. The highest BCUT2D eigenvalue weighted by molar-refractivity contribution is 7.99. The molecule has 2 N–H and O–H groups in total. The number of aliphatic hydroxyl groups is 1. The Morgan fingerprint density at radius 2 is 1.52 bits per heavy atom. The van der Waals surface area contributed by atoms with Gasteiger partial charge in [-0.2, -0.15) is 0 Å². The number of rotatable bonds is 6. The molecule has 0 aliphatic carbocycles. The molecule has 4 nitrogen and oxygen atoms in total. The van der Waals surface area contributed by atoms with E-state index in [4.69, 9.17) is 4.74 Å². The molecule has 0 saturated carbocycles. The summed E-state index contributed by atoms with van der Waals surface area (Å²) >= 11 is 1.77. The Kier molecular flexibility index (Phi) is 5.23. The minimum atomic E-state index is -0.542. The van der Waals surface area contributed by atoms with Gasteiger partial charge in [0.2, 0.25) is 0 Å². The van der Waals surface area contributed by atoms with Gasteiger partial charge in [0.1, 0.15) is 5.75 Å². The highest BCUT2D eigenvalue weighted by atomic mass is 32.2. The van der Waals surface area contributed by atoms with E-state index in [0.29, 0.717) is 13.1 Å². The van der Waals surface area contributed by atoms with E-state index in [1.165, 1.54) is 9.79 Å². The van der Waals surface area contributed by atoms with Crippen LogP contribution in [0.5, 0.6) is 5.75 Å². The summed E-state index contributed by atoms with van der Waals surface area (Å²) in [5.74, 6) is 0.773. The number of nitrogens with one attached hydrogen (secondary N) is 1. The normalized spacial score (nSPS) is 13.5. The maximum Gasteiger partial charge on any atom is 0.141 e. The number of ether oxygens (including phenoxy) is 1. The lowest BCUT2D eigenvalue weighted by atomic mass is 10.2. The van der Waals surface area contributed by atoms with Crippen molar-refractivity contribution in [2.24, 2.45) is 0 Å². The first kappa shape index (κ1) is 17.8. The van der Waals surface area contributed by atoms with Crippen LogP contribution in [-0.4, -0.2) is 31.4 Å². The van der Waals surface area contributed by atoms with Gasteiger partial charge in [0.05, 0.1) is 36.8 Å². The first-order valence-corrected chi connectivity index (χ1v) is 9.76. The maximum absolute atomic E-state index is 10.7. The van der Waals surface area contributed by atoms with Crippen molar-refractivity contribution in [3.05, 3.63) is 72.8 Å². The Hall–Kier alpha value is -2.63. The van der Waals surface area contributed by atoms with E-state index in [9.17, 15) is 5.11 Å². The van der Waals surface area contributed by atoms with Gasteiger partial charge in [-0.15, -0.1) is 0 Å². The lowest BCUT2D eigenvalue weighted by molar-refractivity contribution is 0.195. The van der Waals surface area contributed by atoms with Gasteiger partial charge < -0.3 is 20.1 Å². The van der Waals surface area contributed by atoms with Gasteiger partial charge in [-0.05, 0) is 36.4 Å². The van der Waals surface area contributed by atoms with Crippen LogP contribution < -0.4 is 15.0 Å². The number of aliphatic hydroxyl groups excluding tert-OH is 1. The van der Waals surface area contributed by atoms with Crippen LogP contribution in [0.15, 0.2) is 82.6 Å². The summed E-state index contributed by atoms with van der Waals surface area (Å²) < 4.78 is 5.36. The van der Waals surface area contributed by atoms with Crippen LogP contribution in [0.3, 0.4) is 0 Å². The molecule has 1 heterocycles. The fraction of sp³-hybridized carbons (Fsp3) is 0.182. The van der Waals surface area contributed by atoms with E-state index >= 15 is 0 Å². The Morgan fingerprint density at radius 1 is 0.926 bits per heavy atom. The fourth-order valence-corrected chi connectivity index (χ4v) is 4.37. The van der Waals surface area contributed by atoms with Crippen LogP contribution in [0.4, 0.5) is 17.1 Å². The molecule has 0 spiro atoms. The molecule has 1 aliphatic heterocycles. The molecule has 4 rings (SSSR count). The van der Waals surface area contributed by atoms with Crippen molar-refractivity contribution in [2.45, 2.75) is 15.9 Å². The number of benzene rings is 3. The van der Waals surface area contributed by atoms with E-state index in [1.54, 1.807) is 18.9 Å². The molecule has 5 heteroatoms. The molecule has 0 fully saturated rings. The number of hydrogen-bond acceptors (Lipinski definition) is 5. The predicted octanol–water partition coefficient (Wildman–Crippen LogP) is 4.77. The number of β-amino-alcohol motifs (C(OH)–C–C–N with tert-alkyl or cyclic N) is 1. The zero-order chi connectivity index (χ0) is 18.6. The molecule has 3 aromatic carbocycles. The number of fused-ring (bicyclic) bond motifs is 2. The molecule has 0 amide bonds. The fourth-order valence-electron chi connectivity index (χ4n) is 3.27. The Morgan fingerprint density at radius 3 is 2.19 bits per heavy atom. The van der Waals surface area contributed by atoms with Crippen molar-refractivity contribution >= 4 is 28.8 Å². The second kappa shape index (κ2) is 7.94. The van der Waals surface area contributed by atoms with Crippen molar-refractivity contribution < 1.29 is 9.84 Å². The second-order valence-corrected chi connectivity index (χ2v) is 7.47. The van der Waals surface area contributed by atoms with Crippen molar-refractivity contribution in [2.75, 3.05) is 30.4 Å². The zero-order valence-corrected chi connectivity index (χ0v) is 15.9. The SMILES string of the molecule is COc1ccccc1NCC(O)CN1c2ccccc2Sc2ccccc21. The van der Waals surface area contributed by atoms with Crippen LogP contribution in [-0.2, 0) is 0 Å². The number of para-hydroxylation sites is 4. The molecule has 1 unspecified atom stereocenters. The van der Waals surface area contributed by atoms with Gasteiger partial charge in [0.15, 0.2) is 0 Å². The topological polar surface area (TPSA) is 44.7 Å². The summed E-state index contributed by atoms with van der Waals surface area (Å²) in [5.41, 5.74) is 3.16. The number of nitrogens with zero attached hydrogens (tertiary/aromatic N) is 1.